The molecule has 118 valence electrons. The first kappa shape index (κ1) is 13.9. The Morgan fingerprint density at radius 1 is 1.36 bits per heavy atom. The van der Waals surface area contributed by atoms with Crippen molar-refractivity contribution in [2.24, 2.45) is 5.92 Å². The van der Waals surface area contributed by atoms with Crippen LogP contribution in [0.4, 0.5) is 5.82 Å². The molecular formula is C15H22N6O. The Bertz CT molecular complexity index is 632. The Hall–Kier alpha value is -1.73. The summed E-state index contributed by atoms with van der Waals surface area (Å²) in [6.07, 6.45) is 4.15. The molecule has 4 heterocycles. The molecule has 7 heteroatoms. The summed E-state index contributed by atoms with van der Waals surface area (Å²) in [6.45, 7) is 5.06. The first-order valence-corrected chi connectivity index (χ1v) is 7.99. The van der Waals surface area contributed by atoms with Crippen LogP contribution in [-0.2, 0) is 4.74 Å². The van der Waals surface area contributed by atoms with Crippen LogP contribution in [0.15, 0.2) is 18.5 Å². The van der Waals surface area contributed by atoms with Crippen LogP contribution in [0, 0.1) is 5.92 Å². The number of anilines is 1. The maximum absolute atomic E-state index is 5.58. The number of hydrogen-bond acceptors (Lipinski definition) is 6. The summed E-state index contributed by atoms with van der Waals surface area (Å²) in [5.41, 5.74) is 0.787. The lowest BCUT2D eigenvalue weighted by Crippen LogP contribution is -2.59. The maximum atomic E-state index is 5.58. The summed E-state index contributed by atoms with van der Waals surface area (Å²) in [4.78, 5) is 4.78. The number of aromatic nitrogens is 4. The first-order chi connectivity index (χ1) is 10.8. The minimum absolute atomic E-state index is 0.611. The topological polar surface area (TPSA) is 58.8 Å². The summed E-state index contributed by atoms with van der Waals surface area (Å²) in [7, 11) is 2.23. The fraction of sp³-hybridized carbons (Fsp3) is 0.667. The number of rotatable bonds is 4. The van der Waals surface area contributed by atoms with Crippen LogP contribution in [0.1, 0.15) is 12.8 Å². The number of likely N-dealkylation sites (N-methyl/N-ethyl adjacent to an activating group) is 1. The molecule has 2 aliphatic heterocycles. The minimum atomic E-state index is 0.611. The molecular weight excluding hydrogens is 280 g/mol. The van der Waals surface area contributed by atoms with Crippen molar-refractivity contribution in [2.75, 3.05) is 44.8 Å². The van der Waals surface area contributed by atoms with Crippen LogP contribution >= 0.6 is 0 Å². The second-order valence-corrected chi connectivity index (χ2v) is 6.41. The van der Waals surface area contributed by atoms with Gasteiger partial charge >= 0.3 is 0 Å². The van der Waals surface area contributed by atoms with Crippen molar-refractivity contribution in [3.8, 4) is 0 Å². The van der Waals surface area contributed by atoms with Gasteiger partial charge in [-0.05, 0) is 37.9 Å². The van der Waals surface area contributed by atoms with Gasteiger partial charge in [0, 0.05) is 32.3 Å². The highest BCUT2D eigenvalue weighted by Crippen LogP contribution is 2.23. The summed E-state index contributed by atoms with van der Waals surface area (Å²) in [5, 5.41) is 12.4. The Kier molecular flexibility index (Phi) is 3.67. The summed E-state index contributed by atoms with van der Waals surface area (Å²) in [6, 6.07) is 4.60. The van der Waals surface area contributed by atoms with Crippen molar-refractivity contribution >= 4 is 11.5 Å². The van der Waals surface area contributed by atoms with Crippen LogP contribution in [0.2, 0.25) is 0 Å². The molecule has 1 atom stereocenters. The molecule has 0 amide bonds. The molecule has 2 fully saturated rings. The van der Waals surface area contributed by atoms with E-state index >= 15 is 0 Å². The van der Waals surface area contributed by atoms with Crippen molar-refractivity contribution in [1.82, 2.24) is 24.7 Å². The van der Waals surface area contributed by atoms with Crippen LogP contribution < -0.4 is 4.90 Å². The molecule has 2 aromatic rings. The molecule has 0 aliphatic carbocycles. The lowest BCUT2D eigenvalue weighted by atomic mass is 9.99. The van der Waals surface area contributed by atoms with Crippen LogP contribution in [0.5, 0.6) is 0 Å². The molecule has 0 radical (unpaired) electrons. The minimum Gasteiger partial charge on any atom is -0.381 e. The highest BCUT2D eigenvalue weighted by Gasteiger charge is 2.32. The molecule has 0 N–H and O–H groups in total. The third-order valence-electron chi connectivity index (χ3n) is 4.76. The van der Waals surface area contributed by atoms with Gasteiger partial charge in [-0.1, -0.05) is 0 Å². The fourth-order valence-corrected chi connectivity index (χ4v) is 3.32. The molecule has 0 spiro atoms. The molecule has 0 bridgehead atoms. The van der Waals surface area contributed by atoms with Crippen molar-refractivity contribution in [2.45, 2.75) is 18.9 Å². The van der Waals surface area contributed by atoms with Crippen molar-refractivity contribution in [3.63, 3.8) is 0 Å². The lowest BCUT2D eigenvalue weighted by molar-refractivity contribution is 0.0339. The standard InChI is InChI=1S/C15H22N6O/c1-19(7-12-3-2-6-22-10-12)13-8-20(9-13)15-5-4-14-17-16-11-21(14)18-15/h4-5,11-13H,2-3,6-10H2,1H3. The van der Waals surface area contributed by atoms with E-state index in [-0.39, 0.29) is 0 Å². The van der Waals surface area contributed by atoms with E-state index in [0.717, 1.165) is 44.3 Å². The van der Waals surface area contributed by atoms with Gasteiger partial charge in [0.1, 0.15) is 12.1 Å². The predicted molar refractivity (Wildman–Crippen MR) is 83.0 cm³/mol. The Balaban J connectivity index is 1.32. The Morgan fingerprint density at radius 3 is 3.09 bits per heavy atom. The summed E-state index contributed by atoms with van der Waals surface area (Å²) < 4.78 is 7.30. The van der Waals surface area contributed by atoms with Gasteiger partial charge in [-0.15, -0.1) is 15.3 Å². The first-order valence-electron chi connectivity index (χ1n) is 7.99. The molecule has 0 saturated carbocycles. The van der Waals surface area contributed by atoms with Crippen molar-refractivity contribution in [1.29, 1.82) is 0 Å². The van der Waals surface area contributed by atoms with E-state index in [0.29, 0.717) is 12.0 Å². The van der Waals surface area contributed by atoms with Gasteiger partial charge in [-0.3, -0.25) is 4.90 Å². The van der Waals surface area contributed by atoms with Gasteiger partial charge in [0.15, 0.2) is 5.65 Å². The van der Waals surface area contributed by atoms with E-state index in [9.17, 15) is 0 Å². The zero-order chi connectivity index (χ0) is 14.9. The number of ether oxygens (including phenoxy) is 1. The van der Waals surface area contributed by atoms with E-state index in [4.69, 9.17) is 4.74 Å². The third-order valence-corrected chi connectivity index (χ3v) is 4.76. The van der Waals surface area contributed by atoms with Gasteiger partial charge in [-0.2, -0.15) is 4.52 Å². The number of hydrogen-bond donors (Lipinski definition) is 0. The number of fused-ring (bicyclic) bond motifs is 1. The molecule has 7 nitrogen and oxygen atoms in total. The average Bonchev–Trinajstić information content (AvgIpc) is 2.94. The van der Waals surface area contributed by atoms with Gasteiger partial charge in [0.25, 0.3) is 0 Å². The maximum Gasteiger partial charge on any atom is 0.177 e. The summed E-state index contributed by atoms with van der Waals surface area (Å²) >= 11 is 0. The SMILES string of the molecule is CN(CC1CCCOC1)C1CN(c2ccc3nncn3n2)C1. The zero-order valence-electron chi connectivity index (χ0n) is 12.9. The van der Waals surface area contributed by atoms with Gasteiger partial charge in [-0.25, -0.2) is 0 Å². The third kappa shape index (κ3) is 2.66. The van der Waals surface area contributed by atoms with Crippen LogP contribution in [0.3, 0.4) is 0 Å². The quantitative estimate of drug-likeness (QED) is 0.827. The van der Waals surface area contributed by atoms with Crippen LogP contribution in [-0.4, -0.2) is 70.6 Å². The number of nitrogens with zero attached hydrogens (tertiary/aromatic N) is 6. The van der Waals surface area contributed by atoms with Gasteiger partial charge < -0.3 is 9.64 Å². The smallest absolute Gasteiger partial charge is 0.177 e. The van der Waals surface area contributed by atoms with E-state index in [1.54, 1.807) is 10.8 Å². The largest absolute Gasteiger partial charge is 0.381 e. The van der Waals surface area contributed by atoms with E-state index in [1.165, 1.54) is 12.8 Å². The van der Waals surface area contributed by atoms with Crippen molar-refractivity contribution < 1.29 is 4.74 Å². The molecule has 0 aromatic carbocycles. The zero-order valence-corrected chi connectivity index (χ0v) is 12.9. The second-order valence-electron chi connectivity index (χ2n) is 6.41. The Labute approximate surface area is 129 Å². The highest BCUT2D eigenvalue weighted by atomic mass is 16.5. The normalized spacial score (nSPS) is 23.2. The molecule has 2 aromatic heterocycles. The Morgan fingerprint density at radius 2 is 2.27 bits per heavy atom. The van der Waals surface area contributed by atoms with E-state index < -0.39 is 0 Å². The molecule has 1 unspecified atom stereocenters. The fourth-order valence-electron chi connectivity index (χ4n) is 3.32. The predicted octanol–water partition coefficient (Wildman–Crippen LogP) is 0.671. The molecule has 22 heavy (non-hydrogen) atoms. The van der Waals surface area contributed by atoms with Crippen molar-refractivity contribution in [3.05, 3.63) is 18.5 Å². The van der Waals surface area contributed by atoms with Gasteiger partial charge in [0.2, 0.25) is 0 Å². The molecule has 2 saturated heterocycles. The molecule has 2 aliphatic rings. The van der Waals surface area contributed by atoms with E-state index in [2.05, 4.69) is 32.1 Å². The average molecular weight is 302 g/mol. The second kappa shape index (κ2) is 5.81. The van der Waals surface area contributed by atoms with Gasteiger partial charge in [0.05, 0.1) is 6.61 Å². The molecule has 4 rings (SSSR count). The monoisotopic (exact) mass is 302 g/mol. The lowest BCUT2D eigenvalue weighted by Gasteiger charge is -2.45. The van der Waals surface area contributed by atoms with Crippen LogP contribution in [0.25, 0.3) is 5.65 Å². The van der Waals surface area contributed by atoms with E-state index in [1.807, 2.05) is 12.1 Å². The summed E-state index contributed by atoms with van der Waals surface area (Å²) in [5.74, 6) is 1.69. The highest BCUT2D eigenvalue weighted by molar-refractivity contribution is 5.47.